The van der Waals surface area contributed by atoms with Crippen LogP contribution in [0.4, 0.5) is 0 Å². The van der Waals surface area contributed by atoms with Crippen LogP contribution in [0.25, 0.3) is 10.8 Å². The topological polar surface area (TPSA) is 49.8 Å². The smallest absolute Gasteiger partial charge is 0.252 e. The molecule has 0 unspecified atom stereocenters. The molecular formula is C15H17NO3. The molecule has 0 radical (unpaired) electrons. The Morgan fingerprint density at radius 1 is 1.21 bits per heavy atom. The van der Waals surface area contributed by atoms with Gasteiger partial charge in [0.1, 0.15) is 5.75 Å². The molecule has 0 spiro atoms. The third kappa shape index (κ3) is 2.69. The van der Waals surface area contributed by atoms with Gasteiger partial charge in [-0.1, -0.05) is 24.3 Å². The summed E-state index contributed by atoms with van der Waals surface area (Å²) in [6.07, 6.45) is 0. The van der Waals surface area contributed by atoms with Crippen LogP contribution in [-0.4, -0.2) is 30.3 Å². The van der Waals surface area contributed by atoms with Crippen LogP contribution in [0.2, 0.25) is 0 Å². The van der Waals surface area contributed by atoms with Crippen molar-refractivity contribution in [3.05, 3.63) is 42.0 Å². The summed E-state index contributed by atoms with van der Waals surface area (Å²) in [5.41, 5.74) is 0.878. The first-order valence-corrected chi connectivity index (χ1v) is 6.07. The van der Waals surface area contributed by atoms with E-state index in [0.29, 0.717) is 5.06 Å². The van der Waals surface area contributed by atoms with E-state index in [9.17, 15) is 10.0 Å². The Kier molecular flexibility index (Phi) is 3.71. The molecule has 0 aliphatic heterocycles. The number of benzene rings is 2. The molecule has 1 N–H and O–H groups in total. The van der Waals surface area contributed by atoms with E-state index in [2.05, 4.69) is 0 Å². The Labute approximate surface area is 112 Å². The van der Waals surface area contributed by atoms with Crippen molar-refractivity contribution in [2.24, 2.45) is 0 Å². The largest absolute Gasteiger partial charge is 0.497 e. The first kappa shape index (κ1) is 13.4. The molecule has 2 rings (SSSR count). The minimum absolute atomic E-state index is 0.326. The van der Waals surface area contributed by atoms with Crippen molar-refractivity contribution in [2.45, 2.75) is 12.8 Å². The lowest BCUT2D eigenvalue weighted by atomic mass is 9.97. The highest BCUT2D eigenvalue weighted by Gasteiger charge is 2.18. The van der Waals surface area contributed by atoms with E-state index in [1.165, 1.54) is 7.05 Å². The van der Waals surface area contributed by atoms with Crippen LogP contribution in [0.5, 0.6) is 5.75 Å². The van der Waals surface area contributed by atoms with Crippen LogP contribution in [-0.2, 0) is 4.79 Å². The molecule has 4 heteroatoms. The number of fused-ring (bicyclic) bond motifs is 1. The molecule has 0 saturated heterocycles. The number of hydrogen-bond donors (Lipinski definition) is 1. The standard InChI is InChI=1S/C15H17NO3/c1-10(15(17)16(2)18)11-4-5-13-9-14(19-3)7-6-12(13)8-11/h4-10,18H,1-3H3/t10-/m0/s1. The molecule has 0 aliphatic rings. The molecule has 0 saturated carbocycles. The number of rotatable bonds is 3. The number of ether oxygens (including phenoxy) is 1. The van der Waals surface area contributed by atoms with Gasteiger partial charge >= 0.3 is 0 Å². The third-order valence-electron chi connectivity index (χ3n) is 3.26. The van der Waals surface area contributed by atoms with Gasteiger partial charge in [0.15, 0.2) is 0 Å². The van der Waals surface area contributed by atoms with Gasteiger partial charge in [-0.15, -0.1) is 0 Å². The van der Waals surface area contributed by atoms with Crippen LogP contribution < -0.4 is 4.74 Å². The molecule has 0 aliphatic carbocycles. The third-order valence-corrected chi connectivity index (χ3v) is 3.26. The Bertz CT molecular complexity index is 607. The molecular weight excluding hydrogens is 242 g/mol. The van der Waals surface area contributed by atoms with Crippen molar-refractivity contribution < 1.29 is 14.7 Å². The summed E-state index contributed by atoms with van der Waals surface area (Å²) < 4.78 is 5.18. The fraction of sp³-hybridized carbons (Fsp3) is 0.267. The van der Waals surface area contributed by atoms with Gasteiger partial charge in [-0.2, -0.15) is 0 Å². The fourth-order valence-electron chi connectivity index (χ4n) is 2.06. The van der Waals surface area contributed by atoms with Crippen LogP contribution in [0.3, 0.4) is 0 Å². The summed E-state index contributed by atoms with van der Waals surface area (Å²) in [4.78, 5) is 11.7. The molecule has 2 aromatic rings. The molecule has 100 valence electrons. The van der Waals surface area contributed by atoms with Crippen molar-refractivity contribution in [1.82, 2.24) is 5.06 Å². The molecule has 0 fully saturated rings. The molecule has 0 heterocycles. The van der Waals surface area contributed by atoms with E-state index < -0.39 is 0 Å². The normalized spacial score (nSPS) is 12.2. The lowest BCUT2D eigenvalue weighted by molar-refractivity contribution is -0.160. The van der Waals surface area contributed by atoms with Gasteiger partial charge in [0.05, 0.1) is 13.0 Å². The van der Waals surface area contributed by atoms with E-state index in [4.69, 9.17) is 4.74 Å². The molecule has 0 bridgehead atoms. The van der Waals surface area contributed by atoms with Crippen molar-refractivity contribution in [3.63, 3.8) is 0 Å². The highest BCUT2D eigenvalue weighted by molar-refractivity contribution is 5.87. The predicted molar refractivity (Wildman–Crippen MR) is 73.5 cm³/mol. The minimum atomic E-state index is -0.374. The molecule has 0 aromatic heterocycles. The Morgan fingerprint density at radius 3 is 2.47 bits per heavy atom. The molecule has 1 atom stereocenters. The monoisotopic (exact) mass is 259 g/mol. The number of nitrogens with zero attached hydrogens (tertiary/aromatic N) is 1. The van der Waals surface area contributed by atoms with Crippen LogP contribution in [0, 0.1) is 0 Å². The van der Waals surface area contributed by atoms with Crippen molar-refractivity contribution in [1.29, 1.82) is 0 Å². The quantitative estimate of drug-likeness (QED) is 0.681. The first-order valence-electron chi connectivity index (χ1n) is 6.07. The number of methoxy groups -OCH3 is 1. The maximum absolute atomic E-state index is 11.7. The summed E-state index contributed by atoms with van der Waals surface area (Å²) in [5.74, 6) is 0.105. The van der Waals surface area contributed by atoms with Gasteiger partial charge in [0, 0.05) is 7.05 Å². The van der Waals surface area contributed by atoms with Crippen molar-refractivity contribution in [3.8, 4) is 5.75 Å². The van der Waals surface area contributed by atoms with Crippen LogP contribution in [0.1, 0.15) is 18.4 Å². The van der Waals surface area contributed by atoms with Crippen LogP contribution >= 0.6 is 0 Å². The Hall–Kier alpha value is -2.07. The number of hydroxylamine groups is 2. The minimum Gasteiger partial charge on any atom is -0.497 e. The summed E-state index contributed by atoms with van der Waals surface area (Å²) in [7, 11) is 2.97. The van der Waals surface area contributed by atoms with Gasteiger partial charge in [-0.05, 0) is 35.4 Å². The lowest BCUT2D eigenvalue weighted by Crippen LogP contribution is -2.27. The summed E-state index contributed by atoms with van der Waals surface area (Å²) >= 11 is 0. The second kappa shape index (κ2) is 5.28. The van der Waals surface area contributed by atoms with E-state index in [1.54, 1.807) is 14.0 Å². The SMILES string of the molecule is COc1ccc2cc([C@H](C)C(=O)N(C)O)ccc2c1. The number of carbonyl (C=O) groups is 1. The van der Waals surface area contributed by atoms with Crippen molar-refractivity contribution in [2.75, 3.05) is 14.2 Å². The molecule has 1 amide bonds. The molecule has 4 nitrogen and oxygen atoms in total. The number of likely N-dealkylation sites (N-methyl/N-ethyl adjacent to an activating group) is 1. The van der Waals surface area contributed by atoms with E-state index in [1.807, 2.05) is 36.4 Å². The van der Waals surface area contributed by atoms with Crippen LogP contribution in [0.15, 0.2) is 36.4 Å². The average molecular weight is 259 g/mol. The highest BCUT2D eigenvalue weighted by atomic mass is 16.5. The summed E-state index contributed by atoms with van der Waals surface area (Å²) in [6.45, 7) is 1.78. The van der Waals surface area contributed by atoms with Gasteiger partial charge in [-0.3, -0.25) is 10.0 Å². The van der Waals surface area contributed by atoms with E-state index >= 15 is 0 Å². The maximum atomic E-state index is 11.7. The van der Waals surface area contributed by atoms with Crippen molar-refractivity contribution >= 4 is 16.7 Å². The zero-order valence-electron chi connectivity index (χ0n) is 11.3. The number of hydrogen-bond acceptors (Lipinski definition) is 3. The zero-order chi connectivity index (χ0) is 14.0. The second-order valence-corrected chi connectivity index (χ2v) is 4.56. The number of carbonyl (C=O) groups excluding carboxylic acids is 1. The van der Waals surface area contributed by atoms with E-state index in [-0.39, 0.29) is 11.8 Å². The summed E-state index contributed by atoms with van der Waals surface area (Å²) in [5, 5.41) is 11.9. The second-order valence-electron chi connectivity index (χ2n) is 4.56. The van der Waals surface area contributed by atoms with Gasteiger partial charge in [-0.25, -0.2) is 5.06 Å². The predicted octanol–water partition coefficient (Wildman–Crippen LogP) is 2.80. The molecule has 19 heavy (non-hydrogen) atoms. The van der Waals surface area contributed by atoms with E-state index in [0.717, 1.165) is 22.1 Å². The van der Waals surface area contributed by atoms with Gasteiger partial charge < -0.3 is 4.74 Å². The highest BCUT2D eigenvalue weighted by Crippen LogP contribution is 2.25. The Morgan fingerprint density at radius 2 is 1.84 bits per heavy atom. The van der Waals surface area contributed by atoms with Gasteiger partial charge in [0.2, 0.25) is 0 Å². The lowest BCUT2D eigenvalue weighted by Gasteiger charge is -2.16. The Balaban J connectivity index is 2.39. The zero-order valence-corrected chi connectivity index (χ0v) is 11.3. The average Bonchev–Trinajstić information content (AvgIpc) is 2.44. The first-order chi connectivity index (χ1) is 9.02. The van der Waals surface area contributed by atoms with Gasteiger partial charge in [0.25, 0.3) is 5.91 Å². The molecule has 2 aromatic carbocycles. The maximum Gasteiger partial charge on any atom is 0.252 e. The number of amides is 1. The fourth-order valence-corrected chi connectivity index (χ4v) is 2.06. The summed E-state index contributed by atoms with van der Waals surface area (Å²) in [6, 6.07) is 11.6.